The van der Waals surface area contributed by atoms with E-state index < -0.39 is 17.9 Å². The van der Waals surface area contributed by atoms with Crippen molar-refractivity contribution in [2.45, 2.75) is 18.9 Å². The fourth-order valence-corrected chi connectivity index (χ4v) is 4.39. The van der Waals surface area contributed by atoms with Crippen molar-refractivity contribution < 1.29 is 23.9 Å². The number of hydrogen-bond donors (Lipinski definition) is 2. The van der Waals surface area contributed by atoms with Crippen molar-refractivity contribution in [3.05, 3.63) is 90.0 Å². The highest BCUT2D eigenvalue weighted by Gasteiger charge is 2.45. The van der Waals surface area contributed by atoms with E-state index >= 15 is 0 Å². The molecule has 3 aromatic carbocycles. The van der Waals surface area contributed by atoms with Gasteiger partial charge in [0.2, 0.25) is 11.0 Å². The molecule has 1 aliphatic rings. The van der Waals surface area contributed by atoms with Crippen LogP contribution in [0.15, 0.2) is 78.9 Å². The molecular formula is C28H28N4O5S. The number of carbonyl (C=O) groups excluding carboxylic acids is 3. The third-order valence-electron chi connectivity index (χ3n) is 6.08. The second-order valence-corrected chi connectivity index (χ2v) is 8.86. The van der Waals surface area contributed by atoms with Gasteiger partial charge in [-0.25, -0.2) is 5.01 Å². The van der Waals surface area contributed by atoms with E-state index in [1.54, 1.807) is 55.6 Å². The van der Waals surface area contributed by atoms with Gasteiger partial charge in [0.15, 0.2) is 0 Å². The van der Waals surface area contributed by atoms with Gasteiger partial charge in [-0.1, -0.05) is 30.3 Å². The van der Waals surface area contributed by atoms with Crippen molar-refractivity contribution in [3.8, 4) is 11.5 Å². The van der Waals surface area contributed by atoms with E-state index in [4.69, 9.17) is 21.7 Å². The number of hydrazine groups is 1. The summed E-state index contributed by atoms with van der Waals surface area (Å²) in [6.07, 6.45) is 0.461. The Bertz CT molecular complexity index is 1300. The maximum absolute atomic E-state index is 13.5. The summed E-state index contributed by atoms with van der Waals surface area (Å²) in [5, 5.41) is 4.20. The number of rotatable bonds is 10. The SMILES string of the molecule is COc1ccc(C(=O)NN2C(=S)N(c3ccc(OC)cc3)C(=O)C2CC(=O)NCCc2ccccc2)cc1. The van der Waals surface area contributed by atoms with Gasteiger partial charge in [0, 0.05) is 12.1 Å². The van der Waals surface area contributed by atoms with Gasteiger partial charge in [0.25, 0.3) is 11.8 Å². The number of thiocarbonyl (C=S) groups is 1. The molecule has 9 nitrogen and oxygen atoms in total. The highest BCUT2D eigenvalue weighted by atomic mass is 32.1. The fraction of sp³-hybridized carbons (Fsp3) is 0.214. The number of nitrogens with one attached hydrogen (secondary N) is 2. The summed E-state index contributed by atoms with van der Waals surface area (Å²) in [6, 6.07) is 22.0. The third-order valence-corrected chi connectivity index (χ3v) is 6.46. The van der Waals surface area contributed by atoms with Crippen LogP contribution in [0.3, 0.4) is 0 Å². The summed E-state index contributed by atoms with van der Waals surface area (Å²) in [4.78, 5) is 40.7. The average Bonchev–Trinajstić information content (AvgIpc) is 3.17. The number of amides is 3. The first-order valence-corrected chi connectivity index (χ1v) is 12.4. The molecule has 1 unspecified atom stereocenters. The summed E-state index contributed by atoms with van der Waals surface area (Å²) >= 11 is 5.60. The van der Waals surface area contributed by atoms with Crippen molar-refractivity contribution in [2.75, 3.05) is 25.7 Å². The summed E-state index contributed by atoms with van der Waals surface area (Å²) in [5.74, 6) is -0.0147. The van der Waals surface area contributed by atoms with Crippen LogP contribution < -0.4 is 25.1 Å². The number of anilines is 1. The molecule has 1 aliphatic heterocycles. The molecule has 1 heterocycles. The smallest absolute Gasteiger partial charge is 0.269 e. The molecule has 0 aromatic heterocycles. The summed E-state index contributed by atoms with van der Waals surface area (Å²) in [5.41, 5.74) is 4.64. The first-order valence-electron chi connectivity index (χ1n) is 12.0. The Labute approximate surface area is 226 Å². The lowest BCUT2D eigenvalue weighted by Gasteiger charge is -2.24. The predicted molar refractivity (Wildman–Crippen MR) is 147 cm³/mol. The lowest BCUT2D eigenvalue weighted by atomic mass is 10.1. The van der Waals surface area contributed by atoms with Gasteiger partial charge >= 0.3 is 0 Å². The molecule has 38 heavy (non-hydrogen) atoms. The Morgan fingerprint density at radius 2 is 1.50 bits per heavy atom. The van der Waals surface area contributed by atoms with Crippen LogP contribution in [0.2, 0.25) is 0 Å². The van der Waals surface area contributed by atoms with Gasteiger partial charge in [-0.2, -0.15) is 0 Å². The molecule has 0 bridgehead atoms. The first kappa shape index (κ1) is 26.6. The second kappa shape index (κ2) is 12.2. The molecule has 4 rings (SSSR count). The molecule has 1 saturated heterocycles. The molecule has 3 amide bonds. The highest BCUT2D eigenvalue weighted by molar-refractivity contribution is 7.80. The molecule has 0 aliphatic carbocycles. The van der Waals surface area contributed by atoms with Gasteiger partial charge in [0.1, 0.15) is 17.5 Å². The van der Waals surface area contributed by atoms with E-state index in [-0.39, 0.29) is 17.4 Å². The minimum Gasteiger partial charge on any atom is -0.497 e. The fourth-order valence-electron chi connectivity index (χ4n) is 4.02. The molecule has 1 fully saturated rings. The highest BCUT2D eigenvalue weighted by Crippen LogP contribution is 2.28. The second-order valence-electron chi connectivity index (χ2n) is 8.50. The van der Waals surface area contributed by atoms with Crippen molar-refractivity contribution in [1.29, 1.82) is 0 Å². The van der Waals surface area contributed by atoms with Gasteiger partial charge in [-0.3, -0.25) is 24.7 Å². The lowest BCUT2D eigenvalue weighted by molar-refractivity contribution is -0.127. The number of ether oxygens (including phenoxy) is 2. The Balaban J connectivity index is 1.51. The minimum atomic E-state index is -1.02. The van der Waals surface area contributed by atoms with E-state index in [0.717, 1.165) is 5.56 Å². The lowest BCUT2D eigenvalue weighted by Crippen LogP contribution is -2.50. The summed E-state index contributed by atoms with van der Waals surface area (Å²) < 4.78 is 10.3. The zero-order chi connectivity index (χ0) is 27.1. The number of benzene rings is 3. The van der Waals surface area contributed by atoms with Crippen LogP contribution in [-0.4, -0.2) is 54.6 Å². The zero-order valence-electron chi connectivity index (χ0n) is 21.0. The van der Waals surface area contributed by atoms with Crippen LogP contribution in [0, 0.1) is 0 Å². The van der Waals surface area contributed by atoms with Crippen LogP contribution in [0.25, 0.3) is 0 Å². The van der Waals surface area contributed by atoms with E-state index in [9.17, 15) is 14.4 Å². The topological polar surface area (TPSA) is 100 Å². The van der Waals surface area contributed by atoms with Gasteiger partial charge in [-0.05, 0) is 72.7 Å². The van der Waals surface area contributed by atoms with Crippen molar-refractivity contribution in [3.63, 3.8) is 0 Å². The molecule has 0 saturated carbocycles. The van der Waals surface area contributed by atoms with E-state index in [1.807, 2.05) is 30.3 Å². The molecule has 3 aromatic rings. The number of carbonyl (C=O) groups is 3. The van der Waals surface area contributed by atoms with Gasteiger partial charge in [0.05, 0.1) is 26.3 Å². The molecular weight excluding hydrogens is 504 g/mol. The Hall–Kier alpha value is -4.44. The standard InChI is InChI=1S/C28H28N4O5S/c1-36-22-12-8-20(9-13-22)26(34)30-32-24(18-25(33)29-17-16-19-6-4-3-5-7-19)27(35)31(28(32)38)21-10-14-23(37-2)15-11-21/h3-15,24H,16-18H2,1-2H3,(H,29,33)(H,30,34). The van der Waals surface area contributed by atoms with Crippen LogP contribution in [0.1, 0.15) is 22.3 Å². The van der Waals surface area contributed by atoms with Crippen molar-refractivity contribution in [2.24, 2.45) is 0 Å². The van der Waals surface area contributed by atoms with Gasteiger partial charge < -0.3 is 14.8 Å². The van der Waals surface area contributed by atoms with Crippen molar-refractivity contribution >= 4 is 40.7 Å². The number of hydrogen-bond acceptors (Lipinski definition) is 6. The Morgan fingerprint density at radius 1 is 0.895 bits per heavy atom. The molecule has 2 N–H and O–H groups in total. The zero-order valence-corrected chi connectivity index (χ0v) is 21.9. The van der Waals surface area contributed by atoms with Crippen LogP contribution in [0.5, 0.6) is 11.5 Å². The maximum Gasteiger partial charge on any atom is 0.269 e. The predicted octanol–water partition coefficient (Wildman–Crippen LogP) is 3.10. The Kier molecular flexibility index (Phi) is 8.55. The molecule has 10 heteroatoms. The van der Waals surface area contributed by atoms with Crippen LogP contribution >= 0.6 is 12.2 Å². The molecule has 0 radical (unpaired) electrons. The van der Waals surface area contributed by atoms with E-state index in [0.29, 0.717) is 35.7 Å². The minimum absolute atomic E-state index is 0.0594. The Morgan fingerprint density at radius 3 is 2.11 bits per heavy atom. The molecule has 0 spiro atoms. The van der Waals surface area contributed by atoms with Gasteiger partial charge in [-0.15, -0.1) is 0 Å². The quantitative estimate of drug-likeness (QED) is 0.387. The average molecular weight is 533 g/mol. The maximum atomic E-state index is 13.5. The normalized spacial score (nSPS) is 14.8. The largest absolute Gasteiger partial charge is 0.497 e. The van der Waals surface area contributed by atoms with E-state index in [1.165, 1.54) is 17.0 Å². The van der Waals surface area contributed by atoms with Crippen LogP contribution in [-0.2, 0) is 16.0 Å². The van der Waals surface area contributed by atoms with Crippen LogP contribution in [0.4, 0.5) is 5.69 Å². The monoisotopic (exact) mass is 532 g/mol. The number of methoxy groups -OCH3 is 2. The molecule has 1 atom stereocenters. The first-order chi connectivity index (χ1) is 18.4. The summed E-state index contributed by atoms with van der Waals surface area (Å²) in [6.45, 7) is 0.411. The number of nitrogens with zero attached hydrogens (tertiary/aromatic N) is 2. The van der Waals surface area contributed by atoms with E-state index in [2.05, 4.69) is 10.7 Å². The van der Waals surface area contributed by atoms with Crippen molar-refractivity contribution in [1.82, 2.24) is 15.8 Å². The third kappa shape index (κ3) is 6.09. The summed E-state index contributed by atoms with van der Waals surface area (Å²) in [7, 11) is 3.08. The molecule has 196 valence electrons.